The molecule has 10 heteroatoms. The number of thioether (sulfide) groups is 1. The zero-order valence-electron chi connectivity index (χ0n) is 19.2. The molecule has 1 aliphatic heterocycles. The van der Waals surface area contributed by atoms with Crippen molar-refractivity contribution in [2.75, 3.05) is 18.9 Å². The standard InChI is InChI=1S/C24H26N6O3S/c1-4-33-22(31)18-13-26-23(32)27-19(18)14-34-24-29-28-21(16-8-7-11-25-12-16)30(24)20-10-6-5-9-17(20)15(2)3/h5-12,15H,4,13-14H2,1-3H3,(H2,26,27,32). The van der Waals surface area contributed by atoms with Crippen molar-refractivity contribution in [3.8, 4) is 17.1 Å². The molecule has 2 N–H and O–H groups in total. The summed E-state index contributed by atoms with van der Waals surface area (Å²) < 4.78 is 7.16. The molecule has 0 spiro atoms. The van der Waals surface area contributed by atoms with Gasteiger partial charge in [-0.15, -0.1) is 10.2 Å². The second kappa shape index (κ2) is 10.5. The maximum absolute atomic E-state index is 12.4. The Bertz CT molecular complexity index is 1220. The summed E-state index contributed by atoms with van der Waals surface area (Å²) in [6, 6.07) is 11.6. The van der Waals surface area contributed by atoms with Crippen LogP contribution in [0, 0.1) is 0 Å². The van der Waals surface area contributed by atoms with E-state index in [1.165, 1.54) is 11.8 Å². The number of hydrogen-bond acceptors (Lipinski definition) is 7. The third kappa shape index (κ3) is 4.96. The van der Waals surface area contributed by atoms with Gasteiger partial charge in [-0.2, -0.15) is 0 Å². The van der Waals surface area contributed by atoms with E-state index in [1.54, 1.807) is 19.3 Å². The number of carbonyl (C=O) groups excluding carboxylic acids is 2. The highest BCUT2D eigenvalue weighted by atomic mass is 32.2. The number of amides is 2. The van der Waals surface area contributed by atoms with Gasteiger partial charge >= 0.3 is 12.0 Å². The Morgan fingerprint density at radius 2 is 2.03 bits per heavy atom. The van der Waals surface area contributed by atoms with Gasteiger partial charge in [-0.25, -0.2) is 9.59 Å². The molecule has 3 aromatic rings. The van der Waals surface area contributed by atoms with Gasteiger partial charge in [0, 0.05) is 29.4 Å². The van der Waals surface area contributed by atoms with E-state index in [2.05, 4.69) is 45.7 Å². The van der Waals surface area contributed by atoms with Crippen molar-refractivity contribution in [2.24, 2.45) is 0 Å². The number of carbonyl (C=O) groups is 2. The van der Waals surface area contributed by atoms with Gasteiger partial charge in [-0.3, -0.25) is 9.55 Å². The van der Waals surface area contributed by atoms with E-state index < -0.39 is 5.97 Å². The minimum atomic E-state index is -0.451. The van der Waals surface area contributed by atoms with Crippen LogP contribution in [0.1, 0.15) is 32.3 Å². The Morgan fingerprint density at radius 3 is 2.76 bits per heavy atom. The highest BCUT2D eigenvalue weighted by Crippen LogP contribution is 2.32. The van der Waals surface area contributed by atoms with E-state index in [4.69, 9.17) is 4.74 Å². The molecule has 4 rings (SSSR count). The fraction of sp³-hybridized carbons (Fsp3) is 0.292. The molecule has 34 heavy (non-hydrogen) atoms. The van der Waals surface area contributed by atoms with E-state index in [0.29, 0.717) is 28.0 Å². The fourth-order valence-corrected chi connectivity index (χ4v) is 4.58. The number of hydrogen-bond donors (Lipinski definition) is 2. The number of ether oxygens (including phenoxy) is 1. The van der Waals surface area contributed by atoms with Crippen LogP contribution in [0.2, 0.25) is 0 Å². The Labute approximate surface area is 202 Å². The van der Waals surface area contributed by atoms with Crippen molar-refractivity contribution in [2.45, 2.75) is 31.8 Å². The molecule has 0 aliphatic carbocycles. The average molecular weight is 479 g/mol. The van der Waals surface area contributed by atoms with Gasteiger partial charge in [0.25, 0.3) is 0 Å². The zero-order chi connectivity index (χ0) is 24.1. The Hall–Kier alpha value is -3.66. The highest BCUT2D eigenvalue weighted by Gasteiger charge is 2.25. The van der Waals surface area contributed by atoms with Crippen LogP contribution in [0.4, 0.5) is 4.79 Å². The topological polar surface area (TPSA) is 111 Å². The zero-order valence-corrected chi connectivity index (χ0v) is 20.1. The molecule has 0 radical (unpaired) electrons. The lowest BCUT2D eigenvalue weighted by Crippen LogP contribution is -2.44. The van der Waals surface area contributed by atoms with Crippen molar-refractivity contribution in [3.05, 3.63) is 65.6 Å². The summed E-state index contributed by atoms with van der Waals surface area (Å²) in [7, 11) is 0. The maximum Gasteiger partial charge on any atom is 0.337 e. The van der Waals surface area contributed by atoms with Gasteiger partial charge in [0.1, 0.15) is 0 Å². The number of para-hydroxylation sites is 1. The molecule has 2 amide bonds. The Kier molecular flexibility index (Phi) is 7.27. The summed E-state index contributed by atoms with van der Waals surface area (Å²) >= 11 is 1.39. The number of urea groups is 1. The summed E-state index contributed by atoms with van der Waals surface area (Å²) in [6.07, 6.45) is 3.46. The molecular weight excluding hydrogens is 452 g/mol. The van der Waals surface area contributed by atoms with Crippen LogP contribution in [0.3, 0.4) is 0 Å². The maximum atomic E-state index is 12.4. The minimum Gasteiger partial charge on any atom is -0.463 e. The predicted octanol–water partition coefficient (Wildman–Crippen LogP) is 3.67. The van der Waals surface area contributed by atoms with Crippen LogP contribution >= 0.6 is 11.8 Å². The molecular formula is C24H26N6O3S. The van der Waals surface area contributed by atoms with Crippen molar-refractivity contribution < 1.29 is 14.3 Å². The third-order valence-corrected chi connectivity index (χ3v) is 6.23. The van der Waals surface area contributed by atoms with E-state index in [0.717, 1.165) is 16.8 Å². The SMILES string of the molecule is CCOC(=O)C1=C(CSc2nnc(-c3cccnc3)n2-c2ccccc2C(C)C)NC(=O)NC1. The summed E-state index contributed by atoms with van der Waals surface area (Å²) in [5.74, 6) is 0.808. The molecule has 0 atom stereocenters. The lowest BCUT2D eigenvalue weighted by Gasteiger charge is -2.21. The minimum absolute atomic E-state index is 0.115. The average Bonchev–Trinajstić information content (AvgIpc) is 3.27. The fourth-order valence-electron chi connectivity index (χ4n) is 3.65. The second-order valence-electron chi connectivity index (χ2n) is 7.87. The summed E-state index contributed by atoms with van der Waals surface area (Å²) in [6.45, 7) is 6.40. The Morgan fingerprint density at radius 1 is 1.21 bits per heavy atom. The largest absolute Gasteiger partial charge is 0.463 e. The number of aromatic nitrogens is 4. The molecule has 0 saturated heterocycles. The van der Waals surface area contributed by atoms with Gasteiger partial charge in [0.05, 0.1) is 24.4 Å². The van der Waals surface area contributed by atoms with Crippen LogP contribution in [0.15, 0.2) is 65.2 Å². The quantitative estimate of drug-likeness (QED) is 0.375. The van der Waals surface area contributed by atoms with Crippen LogP contribution in [-0.2, 0) is 9.53 Å². The molecule has 3 heterocycles. The van der Waals surface area contributed by atoms with E-state index in [9.17, 15) is 9.59 Å². The smallest absolute Gasteiger partial charge is 0.337 e. The molecule has 0 bridgehead atoms. The van der Waals surface area contributed by atoms with Gasteiger partial charge in [-0.1, -0.05) is 43.8 Å². The molecule has 1 aliphatic rings. The van der Waals surface area contributed by atoms with E-state index >= 15 is 0 Å². The molecule has 9 nitrogen and oxygen atoms in total. The first kappa shape index (κ1) is 23.5. The number of nitrogens with zero attached hydrogens (tertiary/aromatic N) is 4. The molecule has 1 aromatic carbocycles. The van der Waals surface area contributed by atoms with Gasteiger partial charge in [0.15, 0.2) is 11.0 Å². The van der Waals surface area contributed by atoms with Crippen LogP contribution in [0.25, 0.3) is 17.1 Å². The monoisotopic (exact) mass is 478 g/mol. The number of benzene rings is 1. The first-order valence-corrected chi connectivity index (χ1v) is 12.0. The van der Waals surface area contributed by atoms with Crippen LogP contribution in [-0.4, -0.2) is 50.7 Å². The Balaban J connectivity index is 1.75. The van der Waals surface area contributed by atoms with Gasteiger partial charge < -0.3 is 15.4 Å². The van der Waals surface area contributed by atoms with Crippen molar-refractivity contribution in [1.29, 1.82) is 0 Å². The van der Waals surface area contributed by atoms with Gasteiger partial charge in [0.2, 0.25) is 0 Å². The number of rotatable bonds is 8. The summed E-state index contributed by atoms with van der Waals surface area (Å²) in [5.41, 5.74) is 3.85. The normalized spacial score (nSPS) is 13.6. The lowest BCUT2D eigenvalue weighted by atomic mass is 10.0. The molecule has 0 fully saturated rings. The number of nitrogens with one attached hydrogen (secondary N) is 2. The van der Waals surface area contributed by atoms with Gasteiger partial charge in [-0.05, 0) is 36.6 Å². The van der Waals surface area contributed by atoms with Crippen LogP contribution < -0.4 is 10.6 Å². The molecule has 2 aromatic heterocycles. The van der Waals surface area contributed by atoms with Crippen LogP contribution in [0.5, 0.6) is 0 Å². The third-order valence-electron chi connectivity index (χ3n) is 5.27. The lowest BCUT2D eigenvalue weighted by molar-refractivity contribution is -0.138. The second-order valence-corrected chi connectivity index (χ2v) is 8.81. The highest BCUT2D eigenvalue weighted by molar-refractivity contribution is 7.99. The summed E-state index contributed by atoms with van der Waals surface area (Å²) in [4.78, 5) is 28.6. The first-order chi connectivity index (χ1) is 16.5. The molecule has 176 valence electrons. The molecule has 0 unspecified atom stereocenters. The van der Waals surface area contributed by atoms with Crippen molar-refractivity contribution in [3.63, 3.8) is 0 Å². The first-order valence-electron chi connectivity index (χ1n) is 11.0. The van der Waals surface area contributed by atoms with E-state index in [-0.39, 0.29) is 25.1 Å². The number of pyridine rings is 1. The summed E-state index contributed by atoms with van der Waals surface area (Å²) in [5, 5.41) is 14.9. The van der Waals surface area contributed by atoms with Crippen molar-refractivity contribution in [1.82, 2.24) is 30.4 Å². The van der Waals surface area contributed by atoms with E-state index in [1.807, 2.05) is 34.9 Å². The number of esters is 1. The predicted molar refractivity (Wildman–Crippen MR) is 130 cm³/mol. The van der Waals surface area contributed by atoms with Crippen molar-refractivity contribution >= 4 is 23.8 Å². The molecule has 0 saturated carbocycles.